The van der Waals surface area contributed by atoms with Crippen molar-refractivity contribution >= 4 is 112 Å². The third-order valence-corrected chi connectivity index (χ3v) is 45.3. The molecule has 21 heteroatoms. The number of carbonyl (C=O) groups excluding carboxylic acids is 1. The first-order valence-corrected chi connectivity index (χ1v) is 55.1. The minimum atomic E-state index is -1.85. The first-order chi connectivity index (χ1) is 28.0. The van der Waals surface area contributed by atoms with Crippen molar-refractivity contribution in [3.8, 4) is 0 Å². The zero-order valence-electron chi connectivity index (χ0n) is 43.4. The van der Waals surface area contributed by atoms with Crippen LogP contribution in [-0.2, 0) is 39.0 Å². The molecular weight excluding hydrogens is 961 g/mol. The number of hydrogen-bond donors (Lipinski definition) is 0. The van der Waals surface area contributed by atoms with Gasteiger partial charge in [-0.2, -0.15) is 0 Å². The standard InChI is InChI=1S/C40H102O9Si12/c1-19-26-39(2)40(41)42-27-20-21-32-54(49-60(15,16)36-25-31-52-47-59(13,14)35-24-29-51-46-56(6,7)8)37-43-57(9,10)33-23-30-53-48-61(17,18)38-44-58(11,12)34-22-28-50-45-55(3,4)5/h54H,2,19-38,50-53H2,1,3-18H3. The minimum Gasteiger partial charge on any atom is -0.462 e. The summed E-state index contributed by atoms with van der Waals surface area (Å²) in [5.74, 6) is -0.242. The molecule has 0 saturated carbocycles. The first-order valence-electron chi connectivity index (χ1n) is 24.3. The number of rotatable bonds is 40. The SMILES string of the molecule is C=C(CCC)C(=O)OCCCC[SiH](CO[Si](C)(C)CCC[SiH2]O[Si](C)(C)CO[Si](C)(C)CCC[SiH2]O[Si](C)(C)C)O[Si](C)(C)CCC[SiH2]O[Si](C)(C)CCC[SiH2]O[Si](C)(C)C. The molecule has 0 aliphatic heterocycles. The monoisotopic (exact) mass is 1060 g/mol. The highest BCUT2D eigenvalue weighted by molar-refractivity contribution is 6.80. The Morgan fingerprint density at radius 2 is 0.951 bits per heavy atom. The molecule has 0 radical (unpaired) electrons. The Kier molecular flexibility index (Phi) is 32.3. The first kappa shape index (κ1) is 62.5. The van der Waals surface area contributed by atoms with Gasteiger partial charge in [0, 0.05) is 11.8 Å². The Morgan fingerprint density at radius 3 is 1.43 bits per heavy atom. The Hall–Kier alpha value is 1.53. The van der Waals surface area contributed by atoms with Gasteiger partial charge < -0.3 is 34.2 Å². The zero-order valence-corrected chi connectivity index (χ0v) is 57.2. The van der Waals surface area contributed by atoms with E-state index in [2.05, 4.69) is 118 Å². The van der Waals surface area contributed by atoms with Gasteiger partial charge in [-0.1, -0.05) is 52.0 Å². The van der Waals surface area contributed by atoms with Crippen molar-refractivity contribution in [2.24, 2.45) is 0 Å². The largest absolute Gasteiger partial charge is 0.462 e. The quantitative estimate of drug-likeness (QED) is 0.0258. The maximum Gasteiger partial charge on any atom is 0.333 e. The molecule has 0 aromatic rings. The fourth-order valence-electron chi connectivity index (χ4n) is 6.84. The van der Waals surface area contributed by atoms with Gasteiger partial charge in [0.2, 0.25) is 0 Å². The summed E-state index contributed by atoms with van der Waals surface area (Å²) in [6.07, 6.45) is 10.1. The molecule has 0 aromatic heterocycles. The van der Waals surface area contributed by atoms with Crippen molar-refractivity contribution in [3.63, 3.8) is 0 Å². The molecule has 0 aromatic carbocycles. The van der Waals surface area contributed by atoms with Crippen molar-refractivity contribution in [3.05, 3.63) is 12.2 Å². The topological polar surface area (TPSA) is 90.9 Å². The van der Waals surface area contributed by atoms with E-state index in [-0.39, 0.29) is 25.5 Å². The predicted molar refractivity (Wildman–Crippen MR) is 299 cm³/mol. The summed E-state index contributed by atoms with van der Waals surface area (Å²) >= 11 is 0. The Bertz CT molecular complexity index is 1180. The number of unbranched alkanes of at least 4 members (excludes halogenated alkanes) is 1. The van der Waals surface area contributed by atoms with E-state index in [0.717, 1.165) is 37.8 Å². The van der Waals surface area contributed by atoms with Crippen LogP contribution in [0, 0.1) is 0 Å². The summed E-state index contributed by atoms with van der Waals surface area (Å²) in [4.78, 5) is 12.3. The van der Waals surface area contributed by atoms with Crippen LogP contribution >= 0.6 is 0 Å². The van der Waals surface area contributed by atoms with Crippen LogP contribution in [0.3, 0.4) is 0 Å². The molecule has 0 aliphatic rings. The molecule has 0 bridgehead atoms. The van der Waals surface area contributed by atoms with Gasteiger partial charge in [-0.15, -0.1) is 0 Å². The molecule has 0 heterocycles. The summed E-state index contributed by atoms with van der Waals surface area (Å²) in [6.45, 7) is 44.1. The predicted octanol–water partition coefficient (Wildman–Crippen LogP) is 9.85. The van der Waals surface area contributed by atoms with Crippen molar-refractivity contribution in [1.29, 1.82) is 0 Å². The highest BCUT2D eigenvalue weighted by Gasteiger charge is 2.32. The smallest absolute Gasteiger partial charge is 0.333 e. The second kappa shape index (κ2) is 31.6. The van der Waals surface area contributed by atoms with E-state index in [1.807, 2.05) is 0 Å². The zero-order chi connectivity index (χ0) is 46.9. The van der Waals surface area contributed by atoms with Gasteiger partial charge in [-0.3, -0.25) is 0 Å². The number of ether oxygens (including phenoxy) is 1. The molecule has 0 aliphatic carbocycles. The van der Waals surface area contributed by atoms with Gasteiger partial charge in [0.15, 0.2) is 67.3 Å². The Labute approximate surface area is 397 Å². The van der Waals surface area contributed by atoms with Gasteiger partial charge in [0.25, 0.3) is 0 Å². The molecule has 0 fully saturated rings. The summed E-state index contributed by atoms with van der Waals surface area (Å²) in [6, 6.07) is 10.9. The third kappa shape index (κ3) is 39.3. The van der Waals surface area contributed by atoms with E-state index in [1.165, 1.54) is 74.0 Å². The molecular formula is C40H102O9Si12. The highest BCUT2D eigenvalue weighted by Crippen LogP contribution is 2.24. The van der Waals surface area contributed by atoms with E-state index in [1.54, 1.807) is 0 Å². The lowest BCUT2D eigenvalue weighted by Gasteiger charge is -2.32. The average Bonchev–Trinajstić information content (AvgIpc) is 3.11. The third-order valence-electron chi connectivity index (χ3n) is 10.7. The van der Waals surface area contributed by atoms with E-state index in [9.17, 15) is 4.79 Å². The van der Waals surface area contributed by atoms with Crippen molar-refractivity contribution in [2.75, 3.05) is 19.1 Å². The molecule has 364 valence electrons. The normalized spacial score (nSPS) is 14.9. The maximum atomic E-state index is 12.3. The van der Waals surface area contributed by atoms with Crippen LogP contribution < -0.4 is 0 Å². The molecule has 0 amide bonds. The number of esters is 1. The van der Waals surface area contributed by atoms with E-state index < -0.39 is 86.8 Å². The highest BCUT2D eigenvalue weighted by atomic mass is 28.4. The molecule has 0 saturated heterocycles. The van der Waals surface area contributed by atoms with Gasteiger partial charge in [-0.05, 0) is 172 Å². The summed E-state index contributed by atoms with van der Waals surface area (Å²) in [5.41, 5.74) is 0.580. The van der Waals surface area contributed by atoms with E-state index >= 15 is 0 Å². The van der Waals surface area contributed by atoms with Gasteiger partial charge in [0.1, 0.15) is 39.1 Å². The average molecular weight is 1060 g/mol. The van der Waals surface area contributed by atoms with Crippen LogP contribution in [0.5, 0.6) is 0 Å². The Morgan fingerprint density at radius 1 is 0.525 bits per heavy atom. The lowest BCUT2D eigenvalue weighted by Crippen LogP contribution is -2.44. The van der Waals surface area contributed by atoms with Gasteiger partial charge >= 0.3 is 5.97 Å². The van der Waals surface area contributed by atoms with Gasteiger partial charge in [0.05, 0.1) is 12.8 Å². The lowest BCUT2D eigenvalue weighted by molar-refractivity contribution is -0.139. The van der Waals surface area contributed by atoms with Gasteiger partial charge in [-0.25, -0.2) is 4.79 Å². The molecule has 1 unspecified atom stereocenters. The second-order valence-electron chi connectivity index (χ2n) is 22.6. The molecule has 61 heavy (non-hydrogen) atoms. The van der Waals surface area contributed by atoms with Crippen LogP contribution in [0.15, 0.2) is 12.2 Å². The molecule has 9 nitrogen and oxygen atoms in total. The van der Waals surface area contributed by atoms with Crippen LogP contribution in [0.2, 0.25) is 159 Å². The number of carbonyl (C=O) groups is 1. The van der Waals surface area contributed by atoms with Crippen molar-refractivity contribution in [1.82, 2.24) is 0 Å². The summed E-state index contributed by atoms with van der Waals surface area (Å²) in [7, 11) is -14.9. The molecule has 0 rings (SSSR count). The summed E-state index contributed by atoms with van der Waals surface area (Å²) < 4.78 is 51.9. The Balaban J connectivity index is 4.93. The maximum absolute atomic E-state index is 12.3. The minimum absolute atomic E-state index is 0.242. The van der Waals surface area contributed by atoms with Crippen LogP contribution in [-0.4, -0.2) is 131 Å². The van der Waals surface area contributed by atoms with E-state index in [4.69, 9.17) is 34.2 Å². The van der Waals surface area contributed by atoms with E-state index in [0.29, 0.717) is 18.6 Å². The van der Waals surface area contributed by atoms with Crippen molar-refractivity contribution < 1.29 is 39.0 Å². The summed E-state index contributed by atoms with van der Waals surface area (Å²) in [5, 5.41) is 0. The van der Waals surface area contributed by atoms with Crippen LogP contribution in [0.25, 0.3) is 0 Å². The fraction of sp³-hybridized carbons (Fsp3) is 0.925. The fourth-order valence-corrected chi connectivity index (χ4v) is 39.1. The second-order valence-corrected chi connectivity index (χ2v) is 63.7. The number of hydrogen-bond acceptors (Lipinski definition) is 9. The van der Waals surface area contributed by atoms with Crippen LogP contribution in [0.1, 0.15) is 58.3 Å². The molecule has 0 spiro atoms. The van der Waals surface area contributed by atoms with Crippen LogP contribution in [0.4, 0.5) is 0 Å². The molecule has 0 N–H and O–H groups in total. The lowest BCUT2D eigenvalue weighted by atomic mass is 10.2. The van der Waals surface area contributed by atoms with Crippen molar-refractivity contribution in [2.45, 2.75) is 217 Å². The molecule has 1 atom stereocenters.